The summed E-state index contributed by atoms with van der Waals surface area (Å²) < 4.78 is 1.87. The standard InChI is InChI=1S/C17H18N6O/c1-13-15(23-8-3-2-5-14(23)20-13)16(24)21-9-11-22(12-10-21)17-18-6-4-7-19-17/h2-8H,9-12H2,1H3. The molecule has 7 heteroatoms. The highest BCUT2D eigenvalue weighted by Crippen LogP contribution is 2.16. The fourth-order valence-corrected chi connectivity index (χ4v) is 3.08. The molecule has 0 aromatic carbocycles. The fraction of sp³-hybridized carbons (Fsp3) is 0.294. The van der Waals surface area contributed by atoms with Crippen LogP contribution in [0.4, 0.5) is 5.95 Å². The molecule has 0 radical (unpaired) electrons. The third kappa shape index (κ3) is 2.47. The Morgan fingerprint density at radius 2 is 1.79 bits per heavy atom. The zero-order valence-electron chi connectivity index (χ0n) is 13.5. The van der Waals surface area contributed by atoms with Crippen molar-refractivity contribution in [3.63, 3.8) is 0 Å². The number of carbonyl (C=O) groups is 1. The van der Waals surface area contributed by atoms with Gasteiger partial charge in [-0.1, -0.05) is 6.07 Å². The van der Waals surface area contributed by atoms with Crippen molar-refractivity contribution in [1.82, 2.24) is 24.3 Å². The van der Waals surface area contributed by atoms with Crippen molar-refractivity contribution >= 4 is 17.5 Å². The van der Waals surface area contributed by atoms with E-state index in [1.165, 1.54) is 0 Å². The van der Waals surface area contributed by atoms with E-state index in [-0.39, 0.29) is 5.91 Å². The number of aromatic nitrogens is 4. The molecule has 0 aliphatic carbocycles. The number of imidazole rings is 1. The zero-order chi connectivity index (χ0) is 16.5. The summed E-state index contributed by atoms with van der Waals surface area (Å²) in [6, 6.07) is 7.55. The number of anilines is 1. The molecule has 1 saturated heterocycles. The van der Waals surface area contributed by atoms with E-state index in [0.29, 0.717) is 18.8 Å². The Bertz CT molecular complexity index is 867. The molecular weight excluding hydrogens is 304 g/mol. The van der Waals surface area contributed by atoms with Gasteiger partial charge in [0.2, 0.25) is 5.95 Å². The van der Waals surface area contributed by atoms with Gasteiger partial charge in [-0.25, -0.2) is 15.0 Å². The minimum Gasteiger partial charge on any atom is -0.337 e. The van der Waals surface area contributed by atoms with Gasteiger partial charge in [0.05, 0.1) is 5.69 Å². The molecule has 0 spiro atoms. The van der Waals surface area contributed by atoms with E-state index in [0.717, 1.165) is 30.4 Å². The summed E-state index contributed by atoms with van der Waals surface area (Å²) in [5.74, 6) is 0.746. The Morgan fingerprint density at radius 3 is 2.54 bits per heavy atom. The second kappa shape index (κ2) is 5.92. The molecular formula is C17H18N6O. The minimum absolute atomic E-state index is 0.0276. The summed E-state index contributed by atoms with van der Waals surface area (Å²) in [6.07, 6.45) is 5.36. The molecule has 0 bridgehead atoms. The van der Waals surface area contributed by atoms with Crippen LogP contribution in [0.5, 0.6) is 0 Å². The van der Waals surface area contributed by atoms with E-state index in [2.05, 4.69) is 19.9 Å². The maximum atomic E-state index is 13.0. The maximum Gasteiger partial charge on any atom is 0.272 e. The van der Waals surface area contributed by atoms with Gasteiger partial charge in [-0.3, -0.25) is 9.20 Å². The number of aryl methyl sites for hydroxylation is 1. The first-order chi connectivity index (χ1) is 11.7. The topological polar surface area (TPSA) is 66.6 Å². The lowest BCUT2D eigenvalue weighted by atomic mass is 10.2. The first kappa shape index (κ1) is 14.6. The van der Waals surface area contributed by atoms with Crippen molar-refractivity contribution in [2.24, 2.45) is 0 Å². The largest absolute Gasteiger partial charge is 0.337 e. The fourth-order valence-electron chi connectivity index (χ4n) is 3.08. The van der Waals surface area contributed by atoms with Gasteiger partial charge in [-0.05, 0) is 25.1 Å². The number of rotatable bonds is 2. The molecule has 1 aliphatic rings. The summed E-state index contributed by atoms with van der Waals surface area (Å²) in [4.78, 5) is 30.0. The van der Waals surface area contributed by atoms with Crippen LogP contribution in [-0.2, 0) is 0 Å². The first-order valence-electron chi connectivity index (χ1n) is 7.99. The lowest BCUT2D eigenvalue weighted by Gasteiger charge is -2.34. The summed E-state index contributed by atoms with van der Waals surface area (Å²) in [7, 11) is 0. The predicted octanol–water partition coefficient (Wildman–Crippen LogP) is 1.40. The number of hydrogen-bond donors (Lipinski definition) is 0. The lowest BCUT2D eigenvalue weighted by molar-refractivity contribution is 0.0738. The van der Waals surface area contributed by atoms with Crippen molar-refractivity contribution in [1.29, 1.82) is 0 Å². The first-order valence-corrected chi connectivity index (χ1v) is 7.99. The van der Waals surface area contributed by atoms with Crippen LogP contribution < -0.4 is 4.90 Å². The summed E-state index contributed by atoms with van der Waals surface area (Å²) in [6.45, 7) is 4.64. The Kier molecular flexibility index (Phi) is 3.60. The number of piperazine rings is 1. The Morgan fingerprint density at radius 1 is 1.04 bits per heavy atom. The van der Waals surface area contributed by atoms with Crippen LogP contribution in [0.2, 0.25) is 0 Å². The molecule has 1 aliphatic heterocycles. The van der Waals surface area contributed by atoms with E-state index in [1.807, 2.05) is 40.6 Å². The zero-order valence-corrected chi connectivity index (χ0v) is 13.5. The number of carbonyl (C=O) groups excluding carboxylic acids is 1. The Labute approximate surface area is 139 Å². The van der Waals surface area contributed by atoms with Crippen LogP contribution in [0, 0.1) is 6.92 Å². The Balaban J connectivity index is 1.53. The van der Waals surface area contributed by atoms with Crippen molar-refractivity contribution in [3.05, 3.63) is 54.2 Å². The predicted molar refractivity (Wildman–Crippen MR) is 90.1 cm³/mol. The number of amides is 1. The number of pyridine rings is 1. The van der Waals surface area contributed by atoms with Gasteiger partial charge < -0.3 is 9.80 Å². The van der Waals surface area contributed by atoms with Gasteiger partial charge in [-0.15, -0.1) is 0 Å². The molecule has 4 heterocycles. The van der Waals surface area contributed by atoms with Crippen LogP contribution in [0.25, 0.3) is 5.65 Å². The van der Waals surface area contributed by atoms with Gasteiger partial charge >= 0.3 is 0 Å². The molecule has 24 heavy (non-hydrogen) atoms. The molecule has 3 aromatic heterocycles. The molecule has 1 amide bonds. The van der Waals surface area contributed by atoms with Gasteiger partial charge in [0.15, 0.2) is 0 Å². The second-order valence-electron chi connectivity index (χ2n) is 5.80. The molecule has 4 rings (SSSR count). The van der Waals surface area contributed by atoms with Crippen molar-refractivity contribution in [2.45, 2.75) is 6.92 Å². The summed E-state index contributed by atoms with van der Waals surface area (Å²) in [5.41, 5.74) is 2.21. The van der Waals surface area contributed by atoms with Gasteiger partial charge in [0.1, 0.15) is 11.3 Å². The molecule has 0 unspecified atom stereocenters. The third-order valence-corrected chi connectivity index (χ3v) is 4.31. The molecule has 0 saturated carbocycles. The van der Waals surface area contributed by atoms with E-state index in [1.54, 1.807) is 18.5 Å². The van der Waals surface area contributed by atoms with Crippen molar-refractivity contribution in [2.75, 3.05) is 31.1 Å². The number of nitrogens with zero attached hydrogens (tertiary/aromatic N) is 6. The maximum absolute atomic E-state index is 13.0. The summed E-state index contributed by atoms with van der Waals surface area (Å²) >= 11 is 0. The normalized spacial score (nSPS) is 15.0. The van der Waals surface area contributed by atoms with Crippen LogP contribution in [0.3, 0.4) is 0 Å². The highest BCUT2D eigenvalue weighted by Gasteiger charge is 2.26. The monoisotopic (exact) mass is 322 g/mol. The molecule has 1 fully saturated rings. The quantitative estimate of drug-likeness (QED) is 0.713. The van der Waals surface area contributed by atoms with Crippen molar-refractivity contribution < 1.29 is 4.79 Å². The number of fused-ring (bicyclic) bond motifs is 1. The van der Waals surface area contributed by atoms with Gasteiger partial charge in [0.25, 0.3) is 5.91 Å². The second-order valence-corrected chi connectivity index (χ2v) is 5.80. The highest BCUT2D eigenvalue weighted by atomic mass is 16.2. The molecule has 0 atom stereocenters. The minimum atomic E-state index is 0.0276. The molecule has 3 aromatic rings. The Hall–Kier alpha value is -2.96. The van der Waals surface area contributed by atoms with Gasteiger partial charge in [-0.2, -0.15) is 0 Å². The SMILES string of the molecule is Cc1nc2ccccn2c1C(=O)N1CCN(c2ncccn2)CC1. The van der Waals surface area contributed by atoms with Crippen LogP contribution >= 0.6 is 0 Å². The van der Waals surface area contributed by atoms with E-state index >= 15 is 0 Å². The lowest BCUT2D eigenvalue weighted by Crippen LogP contribution is -2.49. The van der Waals surface area contributed by atoms with Crippen LogP contribution in [0.15, 0.2) is 42.9 Å². The summed E-state index contributed by atoms with van der Waals surface area (Å²) in [5, 5.41) is 0. The van der Waals surface area contributed by atoms with Crippen LogP contribution in [-0.4, -0.2) is 56.3 Å². The van der Waals surface area contributed by atoms with Gasteiger partial charge in [0, 0.05) is 44.8 Å². The number of hydrogen-bond acceptors (Lipinski definition) is 5. The molecule has 122 valence electrons. The van der Waals surface area contributed by atoms with E-state index < -0.39 is 0 Å². The molecule has 7 nitrogen and oxygen atoms in total. The average Bonchev–Trinajstić information content (AvgIpc) is 2.98. The average molecular weight is 322 g/mol. The third-order valence-electron chi connectivity index (χ3n) is 4.31. The van der Waals surface area contributed by atoms with Crippen LogP contribution in [0.1, 0.15) is 16.2 Å². The highest BCUT2D eigenvalue weighted by molar-refractivity contribution is 5.94. The molecule has 0 N–H and O–H groups in total. The smallest absolute Gasteiger partial charge is 0.272 e. The van der Waals surface area contributed by atoms with E-state index in [9.17, 15) is 4.79 Å². The van der Waals surface area contributed by atoms with E-state index in [4.69, 9.17) is 0 Å². The van der Waals surface area contributed by atoms with Crippen molar-refractivity contribution in [3.8, 4) is 0 Å².